The maximum absolute atomic E-state index is 14.0. The number of benzene rings is 3. The smallest absolute Gasteiger partial charge is 0.244 e. The first-order valence-corrected chi connectivity index (χ1v) is 14.7. The number of carbonyl (C=O) groups is 2. The molecule has 1 atom stereocenters. The third-order valence-electron chi connectivity index (χ3n) is 5.99. The molecular formula is C29H34ClN3O5S. The normalized spacial score (nSPS) is 12.1. The van der Waals surface area contributed by atoms with Gasteiger partial charge in [0.05, 0.1) is 24.1 Å². The van der Waals surface area contributed by atoms with Gasteiger partial charge >= 0.3 is 0 Å². The number of carbonyl (C=O) groups excluding carboxylic acids is 2. The second kappa shape index (κ2) is 13.5. The number of methoxy groups -OCH3 is 1. The minimum absolute atomic E-state index is 0.0547. The van der Waals surface area contributed by atoms with Crippen molar-refractivity contribution in [1.29, 1.82) is 0 Å². The van der Waals surface area contributed by atoms with E-state index in [0.717, 1.165) is 21.7 Å². The first kappa shape index (κ1) is 30.0. The predicted molar refractivity (Wildman–Crippen MR) is 154 cm³/mol. The number of nitrogens with one attached hydrogen (secondary N) is 1. The van der Waals surface area contributed by atoms with Gasteiger partial charge < -0.3 is 15.0 Å². The molecule has 8 nitrogen and oxygen atoms in total. The second-order valence-electron chi connectivity index (χ2n) is 9.46. The molecule has 3 aromatic carbocycles. The summed E-state index contributed by atoms with van der Waals surface area (Å²) >= 11 is 6.32. The van der Waals surface area contributed by atoms with Gasteiger partial charge in [0.1, 0.15) is 18.3 Å². The van der Waals surface area contributed by atoms with E-state index >= 15 is 0 Å². The van der Waals surface area contributed by atoms with E-state index in [4.69, 9.17) is 16.3 Å². The number of nitrogens with zero attached hydrogens (tertiary/aromatic N) is 2. The van der Waals surface area contributed by atoms with E-state index in [9.17, 15) is 18.0 Å². The Morgan fingerprint density at radius 3 is 2.21 bits per heavy atom. The van der Waals surface area contributed by atoms with Crippen molar-refractivity contribution in [3.63, 3.8) is 0 Å². The highest BCUT2D eigenvalue weighted by Crippen LogP contribution is 2.28. The summed E-state index contributed by atoms with van der Waals surface area (Å²) in [5.74, 6) is -0.295. The number of para-hydroxylation sites is 1. The van der Waals surface area contributed by atoms with Crippen molar-refractivity contribution in [2.75, 3.05) is 24.2 Å². The number of ether oxygens (including phenoxy) is 1. The summed E-state index contributed by atoms with van der Waals surface area (Å²) in [6.07, 6.45) is 1.25. The second-order valence-corrected chi connectivity index (χ2v) is 11.8. The van der Waals surface area contributed by atoms with Crippen LogP contribution in [-0.4, -0.2) is 57.1 Å². The number of sulfonamides is 1. The van der Waals surface area contributed by atoms with Crippen molar-refractivity contribution in [2.45, 2.75) is 38.9 Å². The molecule has 0 aliphatic heterocycles. The van der Waals surface area contributed by atoms with E-state index in [0.29, 0.717) is 5.75 Å². The zero-order valence-electron chi connectivity index (χ0n) is 22.5. The summed E-state index contributed by atoms with van der Waals surface area (Å²) in [7, 11) is -2.35. The average molecular weight is 572 g/mol. The van der Waals surface area contributed by atoms with Gasteiger partial charge in [0.2, 0.25) is 21.8 Å². The van der Waals surface area contributed by atoms with Gasteiger partial charge in [-0.25, -0.2) is 8.42 Å². The van der Waals surface area contributed by atoms with Crippen LogP contribution in [0.4, 0.5) is 5.69 Å². The molecule has 1 N–H and O–H groups in total. The van der Waals surface area contributed by atoms with Crippen LogP contribution >= 0.6 is 11.6 Å². The van der Waals surface area contributed by atoms with Crippen molar-refractivity contribution < 1.29 is 22.7 Å². The first-order valence-electron chi connectivity index (χ1n) is 12.5. The highest BCUT2D eigenvalue weighted by atomic mass is 35.5. The lowest BCUT2D eigenvalue weighted by Crippen LogP contribution is -2.54. The molecule has 0 aliphatic carbocycles. The average Bonchev–Trinajstić information content (AvgIpc) is 2.89. The number of hydrogen-bond acceptors (Lipinski definition) is 5. The number of rotatable bonds is 12. The van der Waals surface area contributed by atoms with Crippen molar-refractivity contribution in [3.05, 3.63) is 95.0 Å². The summed E-state index contributed by atoms with van der Waals surface area (Å²) in [4.78, 5) is 29.0. The van der Waals surface area contributed by atoms with Gasteiger partial charge in [-0.2, -0.15) is 0 Å². The summed E-state index contributed by atoms with van der Waals surface area (Å²) in [5, 5.41) is 3.11. The molecule has 0 saturated carbocycles. The fourth-order valence-corrected chi connectivity index (χ4v) is 5.30. The lowest BCUT2D eigenvalue weighted by atomic mass is 10.0. The molecule has 0 fully saturated rings. The van der Waals surface area contributed by atoms with Gasteiger partial charge in [-0.3, -0.25) is 13.9 Å². The van der Waals surface area contributed by atoms with Crippen molar-refractivity contribution in [1.82, 2.24) is 10.2 Å². The Hall–Kier alpha value is -3.56. The summed E-state index contributed by atoms with van der Waals surface area (Å²) in [6.45, 7) is 3.20. The Kier molecular flexibility index (Phi) is 10.4. The van der Waals surface area contributed by atoms with Gasteiger partial charge in [0, 0.05) is 19.0 Å². The van der Waals surface area contributed by atoms with Crippen LogP contribution < -0.4 is 14.4 Å². The molecule has 0 aliphatic rings. The van der Waals surface area contributed by atoms with Gasteiger partial charge in [-0.1, -0.05) is 66.2 Å². The topological polar surface area (TPSA) is 96.0 Å². The lowest BCUT2D eigenvalue weighted by molar-refractivity contribution is -0.140. The minimum atomic E-state index is -3.90. The third-order valence-corrected chi connectivity index (χ3v) is 7.44. The molecule has 0 saturated heterocycles. The van der Waals surface area contributed by atoms with Gasteiger partial charge in [-0.15, -0.1) is 0 Å². The van der Waals surface area contributed by atoms with E-state index in [-0.39, 0.29) is 35.6 Å². The number of hydrogen-bond donors (Lipinski definition) is 1. The summed E-state index contributed by atoms with van der Waals surface area (Å²) < 4.78 is 32.0. The van der Waals surface area contributed by atoms with Crippen LogP contribution in [0.3, 0.4) is 0 Å². The molecule has 0 aromatic heterocycles. The maximum atomic E-state index is 14.0. The third kappa shape index (κ3) is 8.46. The van der Waals surface area contributed by atoms with Crippen LogP contribution in [0.5, 0.6) is 5.75 Å². The van der Waals surface area contributed by atoms with Crippen LogP contribution in [0.15, 0.2) is 78.9 Å². The van der Waals surface area contributed by atoms with E-state index in [1.807, 2.05) is 50.2 Å². The van der Waals surface area contributed by atoms with E-state index < -0.39 is 28.5 Å². The van der Waals surface area contributed by atoms with Gasteiger partial charge in [-0.05, 0) is 49.2 Å². The molecule has 0 radical (unpaired) electrons. The molecule has 10 heteroatoms. The molecule has 0 unspecified atom stereocenters. The number of halogens is 1. The molecule has 0 bridgehead atoms. The standard InChI is InChI=1S/C29H34ClN3O5S/c1-21(2)31-29(35)27(18-22-11-6-5-7-12-22)32(19-23-13-10-14-24(17-23)38-3)28(34)20-33(39(4,36)37)26-16-9-8-15-25(26)30/h5-17,21,27H,18-20H2,1-4H3,(H,31,35)/t27-/m1/s1. The number of anilines is 1. The highest BCUT2D eigenvalue weighted by molar-refractivity contribution is 7.92. The van der Waals surface area contributed by atoms with Crippen LogP contribution in [0.1, 0.15) is 25.0 Å². The fraction of sp³-hybridized carbons (Fsp3) is 0.310. The van der Waals surface area contributed by atoms with E-state index in [1.54, 1.807) is 43.5 Å². The predicted octanol–water partition coefficient (Wildman–Crippen LogP) is 4.28. The molecule has 0 heterocycles. The van der Waals surface area contributed by atoms with Crippen molar-refractivity contribution in [2.24, 2.45) is 0 Å². The lowest BCUT2D eigenvalue weighted by Gasteiger charge is -2.34. The van der Waals surface area contributed by atoms with Crippen LogP contribution in [-0.2, 0) is 32.6 Å². The Morgan fingerprint density at radius 1 is 0.949 bits per heavy atom. The molecular weight excluding hydrogens is 538 g/mol. The molecule has 39 heavy (non-hydrogen) atoms. The first-order chi connectivity index (χ1) is 18.5. The summed E-state index contributed by atoms with van der Waals surface area (Å²) in [6, 6.07) is 21.9. The quantitative estimate of drug-likeness (QED) is 0.350. The van der Waals surface area contributed by atoms with Crippen molar-refractivity contribution >= 4 is 39.1 Å². The SMILES string of the molecule is COc1cccc(CN(C(=O)CN(c2ccccc2Cl)S(C)(=O)=O)[C@H](Cc2ccccc2)C(=O)NC(C)C)c1. The van der Waals surface area contributed by atoms with Crippen LogP contribution in [0.25, 0.3) is 0 Å². The highest BCUT2D eigenvalue weighted by Gasteiger charge is 2.33. The molecule has 3 rings (SSSR count). The zero-order valence-corrected chi connectivity index (χ0v) is 24.1. The van der Waals surface area contributed by atoms with Crippen LogP contribution in [0.2, 0.25) is 5.02 Å². The monoisotopic (exact) mass is 571 g/mol. The Morgan fingerprint density at radius 2 is 1.59 bits per heavy atom. The largest absolute Gasteiger partial charge is 0.497 e. The van der Waals surface area contributed by atoms with Crippen LogP contribution in [0, 0.1) is 0 Å². The Balaban J connectivity index is 2.08. The maximum Gasteiger partial charge on any atom is 0.244 e. The molecule has 208 valence electrons. The molecule has 2 amide bonds. The van der Waals surface area contributed by atoms with Crippen molar-refractivity contribution in [3.8, 4) is 5.75 Å². The zero-order chi connectivity index (χ0) is 28.6. The Labute approximate surface area is 235 Å². The Bertz CT molecular complexity index is 1380. The molecule has 3 aromatic rings. The van der Waals surface area contributed by atoms with Gasteiger partial charge in [0.25, 0.3) is 0 Å². The number of amides is 2. The van der Waals surface area contributed by atoms with Gasteiger partial charge in [0.15, 0.2) is 0 Å². The summed E-state index contributed by atoms with van der Waals surface area (Å²) in [5.41, 5.74) is 1.76. The van der Waals surface area contributed by atoms with E-state index in [1.165, 1.54) is 11.0 Å². The molecule has 0 spiro atoms. The van der Waals surface area contributed by atoms with E-state index in [2.05, 4.69) is 5.32 Å². The fourth-order valence-electron chi connectivity index (χ4n) is 4.15. The minimum Gasteiger partial charge on any atom is -0.497 e.